The van der Waals surface area contributed by atoms with Crippen LogP contribution in [-0.2, 0) is 6.61 Å². The van der Waals surface area contributed by atoms with Crippen molar-refractivity contribution in [3.63, 3.8) is 0 Å². The van der Waals surface area contributed by atoms with Gasteiger partial charge in [-0.3, -0.25) is 19.3 Å². The van der Waals surface area contributed by atoms with Gasteiger partial charge in [-0.15, -0.1) is 0 Å². The Kier molecular flexibility index (Phi) is 4.20. The van der Waals surface area contributed by atoms with Gasteiger partial charge in [-0.05, 0) is 61.4 Å². The molecule has 0 radical (unpaired) electrons. The number of aromatic nitrogens is 3. The number of nitrogens with zero attached hydrogens (tertiary/aromatic N) is 3. The van der Waals surface area contributed by atoms with Gasteiger partial charge in [0, 0.05) is 23.0 Å². The zero-order valence-corrected chi connectivity index (χ0v) is 16.5. The van der Waals surface area contributed by atoms with Crippen LogP contribution in [-0.4, -0.2) is 14.5 Å². The van der Waals surface area contributed by atoms with Gasteiger partial charge in [-0.25, -0.2) is 4.39 Å². The van der Waals surface area contributed by atoms with Crippen LogP contribution >= 0.6 is 0 Å². The Bertz CT molecular complexity index is 1340. The molecule has 0 saturated heterocycles. The molecule has 3 aromatic heterocycles. The molecule has 0 fully saturated rings. The number of aryl methyl sites for hydroxylation is 1. The van der Waals surface area contributed by atoms with Crippen LogP contribution < -0.4 is 10.3 Å². The van der Waals surface area contributed by atoms with E-state index >= 15 is 0 Å². The van der Waals surface area contributed by atoms with Crippen molar-refractivity contribution >= 4 is 0 Å². The first-order chi connectivity index (χ1) is 14.5. The molecule has 1 aliphatic heterocycles. The summed E-state index contributed by atoms with van der Waals surface area (Å²) >= 11 is 0. The molecule has 0 aliphatic carbocycles. The largest absolute Gasteiger partial charge is 0.485 e. The Morgan fingerprint density at radius 3 is 2.67 bits per heavy atom. The highest BCUT2D eigenvalue weighted by atomic mass is 19.1. The molecule has 1 aliphatic rings. The van der Waals surface area contributed by atoms with E-state index in [1.807, 2.05) is 25.1 Å². The van der Waals surface area contributed by atoms with Crippen LogP contribution in [0.2, 0.25) is 0 Å². The minimum atomic E-state index is -0.352. The maximum Gasteiger partial charge on any atom is 0.263 e. The van der Waals surface area contributed by atoms with Crippen LogP contribution in [0.5, 0.6) is 5.75 Å². The summed E-state index contributed by atoms with van der Waals surface area (Å²) in [7, 11) is 0. The second kappa shape index (κ2) is 6.91. The van der Waals surface area contributed by atoms with Gasteiger partial charge in [0.05, 0.1) is 17.6 Å². The highest BCUT2D eigenvalue weighted by Crippen LogP contribution is 2.38. The van der Waals surface area contributed by atoms with E-state index in [2.05, 4.69) is 9.97 Å². The van der Waals surface area contributed by atoms with E-state index in [1.54, 1.807) is 48.1 Å². The molecule has 5 rings (SSSR count). The molecule has 0 atom stereocenters. The molecule has 6 heteroatoms. The molecular weight excluding hydrogens is 381 g/mol. The van der Waals surface area contributed by atoms with Crippen LogP contribution in [0.4, 0.5) is 4.39 Å². The van der Waals surface area contributed by atoms with Crippen molar-refractivity contribution in [3.8, 4) is 33.8 Å². The molecule has 148 valence electrons. The topological polar surface area (TPSA) is 57.0 Å². The lowest BCUT2D eigenvalue weighted by molar-refractivity contribution is 0.292. The molecule has 0 unspecified atom stereocenters. The first kappa shape index (κ1) is 18.2. The zero-order valence-electron chi connectivity index (χ0n) is 16.5. The van der Waals surface area contributed by atoms with Gasteiger partial charge >= 0.3 is 0 Å². The molecular formula is C24H18FN3O2. The second-order valence-electron chi connectivity index (χ2n) is 7.27. The van der Waals surface area contributed by atoms with Crippen molar-refractivity contribution in [2.24, 2.45) is 0 Å². The van der Waals surface area contributed by atoms with Gasteiger partial charge in [0.2, 0.25) is 0 Å². The summed E-state index contributed by atoms with van der Waals surface area (Å²) in [6, 6.07) is 13.9. The summed E-state index contributed by atoms with van der Waals surface area (Å²) in [5, 5.41) is 0. The van der Waals surface area contributed by atoms with Gasteiger partial charge < -0.3 is 4.74 Å². The van der Waals surface area contributed by atoms with Gasteiger partial charge in [-0.1, -0.05) is 12.1 Å². The third-order valence-electron chi connectivity index (χ3n) is 5.41. The Labute approximate surface area is 172 Å². The SMILES string of the molecule is Cc1ccc(-n2c3c(cc(-c4cccc(F)c4C)c2=O)-c2ncccc2OC3)cn1. The van der Waals surface area contributed by atoms with Crippen LogP contribution in [0.1, 0.15) is 17.0 Å². The molecule has 0 N–H and O–H groups in total. The number of pyridine rings is 3. The predicted molar refractivity (Wildman–Crippen MR) is 112 cm³/mol. The summed E-state index contributed by atoms with van der Waals surface area (Å²) < 4.78 is 21.8. The lowest BCUT2D eigenvalue weighted by Crippen LogP contribution is -2.27. The van der Waals surface area contributed by atoms with E-state index in [0.29, 0.717) is 39.5 Å². The fourth-order valence-corrected chi connectivity index (χ4v) is 3.81. The minimum absolute atomic E-state index is 0.222. The predicted octanol–water partition coefficient (Wildman–Crippen LogP) is 4.61. The van der Waals surface area contributed by atoms with E-state index in [0.717, 1.165) is 11.3 Å². The van der Waals surface area contributed by atoms with Crippen molar-refractivity contribution in [3.05, 3.63) is 94.0 Å². The Morgan fingerprint density at radius 2 is 1.87 bits per heavy atom. The number of ether oxygens (including phenoxy) is 1. The summed E-state index contributed by atoms with van der Waals surface area (Å²) in [4.78, 5) is 22.5. The van der Waals surface area contributed by atoms with Crippen LogP contribution in [0.25, 0.3) is 28.1 Å². The fraction of sp³-hybridized carbons (Fsp3) is 0.125. The smallest absolute Gasteiger partial charge is 0.263 e. The number of rotatable bonds is 2. The summed E-state index contributed by atoms with van der Waals surface area (Å²) in [6.45, 7) is 3.79. The Morgan fingerprint density at radius 1 is 1.00 bits per heavy atom. The van der Waals surface area contributed by atoms with Crippen molar-refractivity contribution in [2.75, 3.05) is 0 Å². The van der Waals surface area contributed by atoms with Crippen molar-refractivity contribution in [1.29, 1.82) is 0 Å². The standard InChI is InChI=1S/C24H18FN3O2/c1-14-8-9-16(12-27-14)28-21-13-30-22-7-4-10-26-23(22)19(21)11-18(24(28)29)17-5-3-6-20(25)15(17)2/h3-12H,13H2,1-2H3. The summed E-state index contributed by atoms with van der Waals surface area (Å²) in [6.07, 6.45) is 3.35. The van der Waals surface area contributed by atoms with E-state index in [-0.39, 0.29) is 18.0 Å². The van der Waals surface area contributed by atoms with Crippen LogP contribution in [0, 0.1) is 19.7 Å². The second-order valence-corrected chi connectivity index (χ2v) is 7.27. The Hall–Kier alpha value is -3.80. The summed E-state index contributed by atoms with van der Waals surface area (Å²) in [5.41, 5.74) is 4.74. The maximum atomic E-state index is 14.3. The highest BCUT2D eigenvalue weighted by Gasteiger charge is 2.26. The first-order valence-corrected chi connectivity index (χ1v) is 9.60. The van der Waals surface area contributed by atoms with Gasteiger partial charge in [0.25, 0.3) is 5.56 Å². The minimum Gasteiger partial charge on any atom is -0.485 e. The van der Waals surface area contributed by atoms with Crippen LogP contribution in [0.15, 0.2) is 65.7 Å². The first-order valence-electron chi connectivity index (χ1n) is 9.60. The number of halogens is 1. The number of benzene rings is 1. The quantitative estimate of drug-likeness (QED) is 0.494. The average molecular weight is 399 g/mol. The van der Waals surface area contributed by atoms with Gasteiger partial charge in [-0.2, -0.15) is 0 Å². The van der Waals surface area contributed by atoms with Gasteiger partial charge in [0.1, 0.15) is 23.9 Å². The van der Waals surface area contributed by atoms with Crippen LogP contribution in [0.3, 0.4) is 0 Å². The highest BCUT2D eigenvalue weighted by molar-refractivity contribution is 5.78. The van der Waals surface area contributed by atoms with Crippen molar-refractivity contribution in [2.45, 2.75) is 20.5 Å². The number of hydrogen-bond donors (Lipinski definition) is 0. The molecule has 0 spiro atoms. The third kappa shape index (κ3) is 2.80. The van der Waals surface area contributed by atoms with E-state index in [1.165, 1.54) is 6.07 Å². The number of hydrogen-bond acceptors (Lipinski definition) is 4. The zero-order chi connectivity index (χ0) is 20.8. The molecule has 1 aromatic carbocycles. The Balaban J connectivity index is 1.88. The van der Waals surface area contributed by atoms with E-state index < -0.39 is 0 Å². The van der Waals surface area contributed by atoms with Gasteiger partial charge in [0.15, 0.2) is 0 Å². The van der Waals surface area contributed by atoms with Crippen molar-refractivity contribution in [1.82, 2.24) is 14.5 Å². The lowest BCUT2D eigenvalue weighted by Gasteiger charge is -2.24. The summed E-state index contributed by atoms with van der Waals surface area (Å²) in [5.74, 6) is 0.300. The monoisotopic (exact) mass is 399 g/mol. The third-order valence-corrected chi connectivity index (χ3v) is 5.41. The number of fused-ring (bicyclic) bond motifs is 3. The average Bonchev–Trinajstić information content (AvgIpc) is 2.76. The van der Waals surface area contributed by atoms with E-state index in [4.69, 9.17) is 4.74 Å². The molecule has 30 heavy (non-hydrogen) atoms. The van der Waals surface area contributed by atoms with Crippen molar-refractivity contribution < 1.29 is 9.13 Å². The maximum absolute atomic E-state index is 14.3. The fourth-order valence-electron chi connectivity index (χ4n) is 3.81. The molecule has 5 nitrogen and oxygen atoms in total. The lowest BCUT2D eigenvalue weighted by atomic mass is 9.96. The molecule has 0 bridgehead atoms. The normalized spacial score (nSPS) is 12.1. The molecule has 0 amide bonds. The molecule has 0 saturated carbocycles. The van der Waals surface area contributed by atoms with E-state index in [9.17, 15) is 9.18 Å². The molecule has 4 heterocycles. The molecule has 4 aromatic rings.